The normalized spacial score (nSPS) is 10.7. The summed E-state index contributed by atoms with van der Waals surface area (Å²) in [5.41, 5.74) is 1.59. The molecule has 0 spiro atoms. The Balaban J connectivity index is 2.04. The summed E-state index contributed by atoms with van der Waals surface area (Å²) >= 11 is 0. The van der Waals surface area contributed by atoms with Crippen molar-refractivity contribution < 1.29 is 9.21 Å². The molecule has 7 heteroatoms. The van der Waals surface area contributed by atoms with E-state index in [2.05, 4.69) is 20.6 Å². The molecule has 1 amide bonds. The number of anilines is 1. The molecule has 0 aliphatic heterocycles. The highest BCUT2D eigenvalue weighted by molar-refractivity contribution is 5.88. The van der Waals surface area contributed by atoms with Gasteiger partial charge in [-0.05, 0) is 19.4 Å². The van der Waals surface area contributed by atoms with Crippen molar-refractivity contribution in [1.29, 1.82) is 0 Å². The van der Waals surface area contributed by atoms with Crippen LogP contribution in [0.2, 0.25) is 0 Å². The van der Waals surface area contributed by atoms with Crippen molar-refractivity contribution in [2.24, 2.45) is 7.05 Å². The SMILES string of the molecule is CCCCC(=O)Nc1nnc(-c2cc(C)n(C)n2)o1. The Labute approximate surface area is 111 Å². The van der Waals surface area contributed by atoms with Crippen LogP contribution in [-0.4, -0.2) is 25.9 Å². The van der Waals surface area contributed by atoms with Crippen molar-refractivity contribution in [2.75, 3.05) is 5.32 Å². The second kappa shape index (κ2) is 5.64. The van der Waals surface area contributed by atoms with Gasteiger partial charge >= 0.3 is 6.01 Å². The second-order valence-corrected chi connectivity index (χ2v) is 4.36. The van der Waals surface area contributed by atoms with Gasteiger partial charge in [0.15, 0.2) is 0 Å². The zero-order valence-corrected chi connectivity index (χ0v) is 11.3. The molecule has 1 N–H and O–H groups in total. The maximum atomic E-state index is 11.5. The van der Waals surface area contributed by atoms with Crippen molar-refractivity contribution in [3.8, 4) is 11.6 Å². The van der Waals surface area contributed by atoms with Crippen LogP contribution in [-0.2, 0) is 11.8 Å². The van der Waals surface area contributed by atoms with Crippen LogP contribution in [0.25, 0.3) is 11.6 Å². The zero-order valence-electron chi connectivity index (χ0n) is 11.3. The van der Waals surface area contributed by atoms with E-state index in [0.29, 0.717) is 18.0 Å². The molecule has 0 aliphatic rings. The second-order valence-electron chi connectivity index (χ2n) is 4.36. The average molecular weight is 263 g/mol. The summed E-state index contributed by atoms with van der Waals surface area (Å²) in [6.45, 7) is 3.96. The van der Waals surface area contributed by atoms with Crippen LogP contribution in [0, 0.1) is 6.92 Å². The molecule has 0 aromatic carbocycles. The minimum Gasteiger partial charge on any atom is -0.401 e. The van der Waals surface area contributed by atoms with E-state index in [-0.39, 0.29) is 11.9 Å². The smallest absolute Gasteiger partial charge is 0.322 e. The Hall–Kier alpha value is -2.18. The summed E-state index contributed by atoms with van der Waals surface area (Å²) in [4.78, 5) is 11.5. The lowest BCUT2D eigenvalue weighted by Crippen LogP contribution is -2.11. The highest BCUT2D eigenvalue weighted by Crippen LogP contribution is 2.19. The predicted octanol–water partition coefficient (Wildman–Crippen LogP) is 1.91. The molecule has 0 saturated carbocycles. The topological polar surface area (TPSA) is 85.8 Å². The molecule has 0 fully saturated rings. The average Bonchev–Trinajstić information content (AvgIpc) is 2.95. The Morgan fingerprint density at radius 2 is 2.26 bits per heavy atom. The Kier molecular flexibility index (Phi) is 3.94. The highest BCUT2D eigenvalue weighted by Gasteiger charge is 2.13. The van der Waals surface area contributed by atoms with Gasteiger partial charge < -0.3 is 4.42 Å². The van der Waals surface area contributed by atoms with Gasteiger partial charge in [0.05, 0.1) is 0 Å². The largest absolute Gasteiger partial charge is 0.401 e. The number of nitrogens with one attached hydrogen (secondary N) is 1. The number of carbonyl (C=O) groups excluding carboxylic acids is 1. The van der Waals surface area contributed by atoms with E-state index in [4.69, 9.17) is 4.42 Å². The van der Waals surface area contributed by atoms with E-state index in [9.17, 15) is 4.79 Å². The molecule has 0 bridgehead atoms. The molecule has 2 heterocycles. The quantitative estimate of drug-likeness (QED) is 0.890. The third-order valence-corrected chi connectivity index (χ3v) is 2.76. The van der Waals surface area contributed by atoms with Crippen LogP contribution < -0.4 is 5.32 Å². The molecule has 7 nitrogen and oxygen atoms in total. The molecule has 19 heavy (non-hydrogen) atoms. The molecule has 0 saturated heterocycles. The van der Waals surface area contributed by atoms with Gasteiger partial charge in [0.1, 0.15) is 5.69 Å². The number of nitrogens with zero attached hydrogens (tertiary/aromatic N) is 4. The lowest BCUT2D eigenvalue weighted by molar-refractivity contribution is -0.116. The summed E-state index contributed by atoms with van der Waals surface area (Å²) in [5.74, 6) is 0.184. The van der Waals surface area contributed by atoms with Gasteiger partial charge in [0.25, 0.3) is 5.89 Å². The van der Waals surface area contributed by atoms with Gasteiger partial charge in [0.2, 0.25) is 5.91 Å². The first-order chi connectivity index (χ1) is 9.10. The summed E-state index contributed by atoms with van der Waals surface area (Å²) < 4.78 is 7.08. The van der Waals surface area contributed by atoms with Crippen molar-refractivity contribution in [3.05, 3.63) is 11.8 Å². The number of hydrogen-bond acceptors (Lipinski definition) is 5. The summed E-state index contributed by atoms with van der Waals surface area (Å²) in [7, 11) is 1.84. The van der Waals surface area contributed by atoms with Gasteiger partial charge in [-0.25, -0.2) is 0 Å². The standard InChI is InChI=1S/C12H17N5O2/c1-4-5-6-10(18)13-12-15-14-11(19-12)9-7-8(2)17(3)16-9/h7H,4-6H2,1-3H3,(H,13,15,18). The fourth-order valence-electron chi connectivity index (χ4n) is 1.56. The third-order valence-electron chi connectivity index (χ3n) is 2.76. The van der Waals surface area contributed by atoms with Crippen molar-refractivity contribution in [2.45, 2.75) is 33.1 Å². The molecule has 0 unspecified atom stereocenters. The number of hydrogen-bond donors (Lipinski definition) is 1. The number of amides is 1. The maximum absolute atomic E-state index is 11.5. The van der Waals surface area contributed by atoms with E-state index in [1.54, 1.807) is 4.68 Å². The Bertz CT molecular complexity index is 553. The van der Waals surface area contributed by atoms with E-state index in [0.717, 1.165) is 18.5 Å². The van der Waals surface area contributed by atoms with Gasteiger partial charge in [-0.3, -0.25) is 14.8 Å². The minimum absolute atomic E-state index is 0.111. The lowest BCUT2D eigenvalue weighted by Gasteiger charge is -1.97. The highest BCUT2D eigenvalue weighted by atomic mass is 16.4. The number of aromatic nitrogens is 4. The number of aryl methyl sites for hydroxylation is 2. The lowest BCUT2D eigenvalue weighted by atomic mass is 10.2. The van der Waals surface area contributed by atoms with Crippen LogP contribution in [0.1, 0.15) is 31.9 Å². The maximum Gasteiger partial charge on any atom is 0.322 e. The first kappa shape index (κ1) is 13.3. The van der Waals surface area contributed by atoms with Crippen molar-refractivity contribution in [1.82, 2.24) is 20.0 Å². The van der Waals surface area contributed by atoms with Gasteiger partial charge in [-0.1, -0.05) is 18.4 Å². The van der Waals surface area contributed by atoms with E-state index >= 15 is 0 Å². The molecule has 2 aromatic heterocycles. The molecular weight excluding hydrogens is 246 g/mol. The number of unbranched alkanes of at least 4 members (excludes halogenated alkanes) is 1. The minimum atomic E-state index is -0.116. The zero-order chi connectivity index (χ0) is 13.8. The predicted molar refractivity (Wildman–Crippen MR) is 69.4 cm³/mol. The Morgan fingerprint density at radius 3 is 2.89 bits per heavy atom. The van der Waals surface area contributed by atoms with Crippen molar-refractivity contribution in [3.63, 3.8) is 0 Å². The van der Waals surface area contributed by atoms with Gasteiger partial charge in [-0.15, -0.1) is 5.10 Å². The van der Waals surface area contributed by atoms with Gasteiger partial charge in [0, 0.05) is 19.2 Å². The summed E-state index contributed by atoms with van der Waals surface area (Å²) in [6.07, 6.45) is 2.26. The first-order valence-corrected chi connectivity index (χ1v) is 6.24. The summed E-state index contributed by atoms with van der Waals surface area (Å²) in [5, 5.41) is 14.5. The monoisotopic (exact) mass is 263 g/mol. The van der Waals surface area contributed by atoms with Gasteiger partial charge in [-0.2, -0.15) is 5.10 Å². The number of rotatable bonds is 5. The van der Waals surface area contributed by atoms with Crippen LogP contribution in [0.3, 0.4) is 0 Å². The summed E-state index contributed by atoms with van der Waals surface area (Å²) in [6, 6.07) is 1.95. The van der Waals surface area contributed by atoms with Crippen molar-refractivity contribution >= 4 is 11.9 Å². The van der Waals surface area contributed by atoms with Crippen LogP contribution in [0.15, 0.2) is 10.5 Å². The van der Waals surface area contributed by atoms with E-state index in [1.165, 1.54) is 0 Å². The number of carbonyl (C=O) groups is 1. The molecule has 102 valence electrons. The Morgan fingerprint density at radius 1 is 1.47 bits per heavy atom. The molecular formula is C12H17N5O2. The molecule has 0 radical (unpaired) electrons. The van der Waals surface area contributed by atoms with Crippen LogP contribution >= 0.6 is 0 Å². The molecule has 0 atom stereocenters. The molecule has 2 aromatic rings. The first-order valence-electron chi connectivity index (χ1n) is 6.24. The van der Waals surface area contributed by atoms with Crippen LogP contribution in [0.5, 0.6) is 0 Å². The molecule has 0 aliphatic carbocycles. The van der Waals surface area contributed by atoms with E-state index < -0.39 is 0 Å². The van der Waals surface area contributed by atoms with Crippen LogP contribution in [0.4, 0.5) is 6.01 Å². The van der Waals surface area contributed by atoms with E-state index in [1.807, 2.05) is 27.0 Å². The molecule has 2 rings (SSSR count). The fraction of sp³-hybridized carbons (Fsp3) is 0.500. The fourth-order valence-corrected chi connectivity index (χ4v) is 1.56. The third kappa shape index (κ3) is 3.18.